The van der Waals surface area contributed by atoms with Crippen molar-refractivity contribution in [2.45, 2.75) is 18.9 Å². The Morgan fingerprint density at radius 2 is 1.50 bits per heavy atom. The predicted octanol–water partition coefficient (Wildman–Crippen LogP) is 3.42. The molecule has 3 aromatic rings. The van der Waals surface area contributed by atoms with Crippen LogP contribution < -0.4 is 4.90 Å². The standard InChI is InChI=1S/C23H22N4O/c1-2-4-18(5-3-1)6-7-19-8-10-20(11-9-19)22-24-25-23(28-22)27-17-16-26-14-12-21(27)13-15-26/h1-5,8-11,21H,12-17H2. The van der Waals surface area contributed by atoms with Crippen molar-refractivity contribution in [3.05, 3.63) is 65.7 Å². The third kappa shape index (κ3) is 3.51. The van der Waals surface area contributed by atoms with Crippen LogP contribution in [0.25, 0.3) is 11.5 Å². The molecule has 0 radical (unpaired) electrons. The normalized spacial score (nSPS) is 21.1. The van der Waals surface area contributed by atoms with Crippen LogP contribution in [0.5, 0.6) is 0 Å². The second kappa shape index (κ2) is 7.49. The van der Waals surface area contributed by atoms with E-state index in [1.54, 1.807) is 0 Å². The molecular formula is C23H22N4O. The van der Waals surface area contributed by atoms with E-state index >= 15 is 0 Å². The Labute approximate surface area is 165 Å². The fourth-order valence-electron chi connectivity index (χ4n) is 3.95. The van der Waals surface area contributed by atoms with Crippen molar-refractivity contribution in [3.8, 4) is 23.3 Å². The largest absolute Gasteiger partial charge is 0.403 e. The van der Waals surface area contributed by atoms with Crippen LogP contribution in [-0.2, 0) is 0 Å². The molecule has 0 spiro atoms. The monoisotopic (exact) mass is 370 g/mol. The molecule has 0 amide bonds. The molecule has 0 atom stereocenters. The van der Waals surface area contributed by atoms with E-state index in [0.717, 1.165) is 29.8 Å². The Morgan fingerprint density at radius 3 is 2.25 bits per heavy atom. The van der Waals surface area contributed by atoms with Crippen molar-refractivity contribution in [2.24, 2.45) is 0 Å². The third-order valence-electron chi connectivity index (χ3n) is 5.57. The summed E-state index contributed by atoms with van der Waals surface area (Å²) in [6.45, 7) is 4.38. The van der Waals surface area contributed by atoms with E-state index in [-0.39, 0.29) is 0 Å². The molecule has 0 N–H and O–H groups in total. The summed E-state index contributed by atoms with van der Waals surface area (Å²) in [5.41, 5.74) is 2.90. The Balaban J connectivity index is 1.33. The molecule has 3 aliphatic heterocycles. The van der Waals surface area contributed by atoms with Gasteiger partial charge in [0.05, 0.1) is 0 Å². The molecule has 5 heteroatoms. The Kier molecular flexibility index (Phi) is 4.56. The summed E-state index contributed by atoms with van der Waals surface area (Å²) >= 11 is 0. The average molecular weight is 370 g/mol. The van der Waals surface area contributed by atoms with Crippen LogP contribution in [0, 0.1) is 11.8 Å². The van der Waals surface area contributed by atoms with E-state index in [0.29, 0.717) is 17.9 Å². The molecule has 0 unspecified atom stereocenters. The molecule has 3 saturated heterocycles. The van der Waals surface area contributed by atoms with Gasteiger partial charge in [-0.3, -0.25) is 0 Å². The Morgan fingerprint density at radius 1 is 0.786 bits per heavy atom. The van der Waals surface area contributed by atoms with Crippen LogP contribution >= 0.6 is 0 Å². The van der Waals surface area contributed by atoms with Gasteiger partial charge in [0.1, 0.15) is 0 Å². The highest BCUT2D eigenvalue weighted by atomic mass is 16.4. The molecule has 3 fully saturated rings. The number of aromatic nitrogens is 2. The summed E-state index contributed by atoms with van der Waals surface area (Å²) in [7, 11) is 0. The van der Waals surface area contributed by atoms with Gasteiger partial charge in [-0.25, -0.2) is 0 Å². The Bertz CT molecular complexity index is 992. The van der Waals surface area contributed by atoms with Gasteiger partial charge in [0.15, 0.2) is 0 Å². The third-order valence-corrected chi connectivity index (χ3v) is 5.57. The summed E-state index contributed by atoms with van der Waals surface area (Å²) in [4.78, 5) is 4.81. The number of rotatable bonds is 2. The number of nitrogens with zero attached hydrogens (tertiary/aromatic N) is 4. The fourth-order valence-corrected chi connectivity index (χ4v) is 3.95. The lowest BCUT2D eigenvalue weighted by atomic mass is 10.1. The first-order valence-corrected chi connectivity index (χ1v) is 9.85. The van der Waals surface area contributed by atoms with E-state index < -0.39 is 0 Å². The SMILES string of the molecule is C(#Cc1ccc(-c2nnc(N3CCN4CCC3CC4)o2)cc1)c1ccccc1. The van der Waals surface area contributed by atoms with Crippen LogP contribution in [0.2, 0.25) is 0 Å². The number of hydrogen-bond donors (Lipinski definition) is 0. The quantitative estimate of drug-likeness (QED) is 0.647. The smallest absolute Gasteiger partial charge is 0.318 e. The molecular weight excluding hydrogens is 348 g/mol. The van der Waals surface area contributed by atoms with Gasteiger partial charge in [-0.15, -0.1) is 5.10 Å². The van der Waals surface area contributed by atoms with Crippen LogP contribution in [-0.4, -0.2) is 47.3 Å². The zero-order chi connectivity index (χ0) is 18.8. The van der Waals surface area contributed by atoms with Crippen molar-refractivity contribution in [3.63, 3.8) is 0 Å². The summed E-state index contributed by atoms with van der Waals surface area (Å²) in [6.07, 6.45) is 2.35. The number of fused-ring (bicyclic) bond motifs is 4. The zero-order valence-corrected chi connectivity index (χ0v) is 15.7. The number of hydrogen-bond acceptors (Lipinski definition) is 5. The Hall–Kier alpha value is -3.10. The van der Waals surface area contributed by atoms with Crippen molar-refractivity contribution in [1.82, 2.24) is 15.1 Å². The van der Waals surface area contributed by atoms with Crippen molar-refractivity contribution in [2.75, 3.05) is 31.1 Å². The van der Waals surface area contributed by atoms with E-state index in [1.807, 2.05) is 54.6 Å². The van der Waals surface area contributed by atoms with Crippen molar-refractivity contribution in [1.29, 1.82) is 0 Å². The minimum absolute atomic E-state index is 0.516. The lowest BCUT2D eigenvalue weighted by molar-refractivity contribution is 0.249. The van der Waals surface area contributed by atoms with Gasteiger partial charge in [0, 0.05) is 48.9 Å². The van der Waals surface area contributed by atoms with Gasteiger partial charge < -0.3 is 14.2 Å². The first kappa shape index (κ1) is 17.0. The molecule has 2 aromatic carbocycles. The van der Waals surface area contributed by atoms with Crippen LogP contribution in [0.1, 0.15) is 24.0 Å². The first-order valence-electron chi connectivity index (χ1n) is 9.85. The van der Waals surface area contributed by atoms with Gasteiger partial charge in [-0.1, -0.05) is 35.1 Å². The van der Waals surface area contributed by atoms with Crippen molar-refractivity contribution >= 4 is 6.01 Å². The van der Waals surface area contributed by atoms with E-state index in [4.69, 9.17) is 4.42 Å². The minimum atomic E-state index is 0.516. The summed E-state index contributed by atoms with van der Waals surface area (Å²) in [5.74, 6) is 6.93. The molecule has 140 valence electrons. The summed E-state index contributed by atoms with van der Waals surface area (Å²) < 4.78 is 6.03. The van der Waals surface area contributed by atoms with E-state index in [2.05, 4.69) is 31.8 Å². The average Bonchev–Trinajstić information content (AvgIpc) is 3.05. The van der Waals surface area contributed by atoms with Crippen LogP contribution in [0.3, 0.4) is 0 Å². The zero-order valence-electron chi connectivity index (χ0n) is 15.7. The second-order valence-electron chi connectivity index (χ2n) is 7.35. The molecule has 1 aromatic heterocycles. The molecule has 5 nitrogen and oxygen atoms in total. The number of piperidine rings is 1. The highest BCUT2D eigenvalue weighted by Crippen LogP contribution is 2.28. The maximum absolute atomic E-state index is 6.03. The molecule has 28 heavy (non-hydrogen) atoms. The van der Waals surface area contributed by atoms with Crippen LogP contribution in [0.15, 0.2) is 59.0 Å². The maximum Gasteiger partial charge on any atom is 0.318 e. The number of benzene rings is 2. The maximum atomic E-state index is 6.03. The van der Waals surface area contributed by atoms with Gasteiger partial charge in [-0.05, 0) is 49.2 Å². The van der Waals surface area contributed by atoms with Gasteiger partial charge in [0.2, 0.25) is 5.89 Å². The molecule has 0 aliphatic carbocycles. The topological polar surface area (TPSA) is 45.4 Å². The lowest BCUT2D eigenvalue weighted by Crippen LogP contribution is -2.38. The summed E-state index contributed by atoms with van der Waals surface area (Å²) in [5, 5.41) is 8.63. The lowest BCUT2D eigenvalue weighted by Gasteiger charge is -2.29. The van der Waals surface area contributed by atoms with Gasteiger partial charge >= 0.3 is 6.01 Å². The van der Waals surface area contributed by atoms with E-state index in [1.165, 1.54) is 25.9 Å². The van der Waals surface area contributed by atoms with Crippen LogP contribution in [0.4, 0.5) is 6.01 Å². The second-order valence-corrected chi connectivity index (χ2v) is 7.35. The fraction of sp³-hybridized carbons (Fsp3) is 0.304. The van der Waals surface area contributed by atoms with E-state index in [9.17, 15) is 0 Å². The molecule has 4 heterocycles. The summed E-state index contributed by atoms with van der Waals surface area (Å²) in [6, 6.07) is 19.1. The molecule has 2 bridgehead atoms. The van der Waals surface area contributed by atoms with Gasteiger partial charge in [0.25, 0.3) is 0 Å². The highest BCUT2D eigenvalue weighted by molar-refractivity contribution is 5.56. The van der Waals surface area contributed by atoms with Gasteiger partial charge in [-0.2, -0.15) is 0 Å². The predicted molar refractivity (Wildman–Crippen MR) is 109 cm³/mol. The molecule has 6 rings (SSSR count). The minimum Gasteiger partial charge on any atom is -0.403 e. The highest BCUT2D eigenvalue weighted by Gasteiger charge is 2.31. The molecule has 0 saturated carbocycles. The van der Waals surface area contributed by atoms with Crippen molar-refractivity contribution < 1.29 is 4.42 Å². The first-order chi connectivity index (χ1) is 13.8. The molecule has 3 aliphatic rings. The number of anilines is 1.